The van der Waals surface area contributed by atoms with Gasteiger partial charge in [-0.05, 0) is 25.0 Å². The Morgan fingerprint density at radius 3 is 2.76 bits per heavy atom. The molecule has 0 aromatic carbocycles. The van der Waals surface area contributed by atoms with Gasteiger partial charge in [0.1, 0.15) is 6.61 Å². The molecule has 0 radical (unpaired) electrons. The van der Waals surface area contributed by atoms with Crippen molar-refractivity contribution in [3.63, 3.8) is 0 Å². The maximum Gasteiger partial charge on any atom is 0.253 e. The molecule has 8 nitrogen and oxygen atoms in total. The van der Waals surface area contributed by atoms with Crippen molar-refractivity contribution in [3.05, 3.63) is 41.8 Å². The maximum absolute atomic E-state index is 12.4. The normalized spacial score (nSPS) is 15.5. The molecule has 3 heterocycles. The molecule has 0 bridgehead atoms. The predicted octanol–water partition coefficient (Wildman–Crippen LogP) is 1.65. The second-order valence-corrected chi connectivity index (χ2v) is 5.89. The molecule has 1 saturated heterocycles. The molecule has 25 heavy (non-hydrogen) atoms. The number of nitrogens with zero attached hydrogens (tertiary/aromatic N) is 4. The molecule has 0 unspecified atom stereocenters. The van der Waals surface area contributed by atoms with Crippen LogP contribution in [0.4, 0.5) is 0 Å². The minimum Gasteiger partial charge on any atom is -0.382 e. The highest BCUT2D eigenvalue weighted by Crippen LogP contribution is 2.26. The Morgan fingerprint density at radius 2 is 2.04 bits per heavy atom. The van der Waals surface area contributed by atoms with E-state index in [4.69, 9.17) is 14.0 Å². The zero-order valence-electron chi connectivity index (χ0n) is 14.3. The van der Waals surface area contributed by atoms with Gasteiger partial charge in [-0.3, -0.25) is 9.78 Å². The zero-order valence-corrected chi connectivity index (χ0v) is 14.3. The van der Waals surface area contributed by atoms with Gasteiger partial charge in [-0.15, -0.1) is 0 Å². The van der Waals surface area contributed by atoms with E-state index in [1.807, 2.05) is 4.90 Å². The standard InChI is InChI=1S/C17H22N4O4/c1-23-10-11-24-12-15-19-16(20-25-15)13-4-8-21(9-5-13)17(22)14-2-6-18-7-3-14/h2-3,6-7,13H,4-5,8-12H2,1H3. The third-order valence-corrected chi connectivity index (χ3v) is 4.22. The van der Waals surface area contributed by atoms with Gasteiger partial charge in [0.05, 0.1) is 13.2 Å². The first-order chi connectivity index (χ1) is 12.3. The molecule has 0 aliphatic carbocycles. The van der Waals surface area contributed by atoms with Crippen LogP contribution < -0.4 is 0 Å². The molecule has 1 aliphatic heterocycles. The molecule has 0 N–H and O–H groups in total. The topological polar surface area (TPSA) is 90.6 Å². The Hall–Kier alpha value is -2.32. The number of rotatable bonds is 7. The summed E-state index contributed by atoms with van der Waals surface area (Å²) in [5.41, 5.74) is 0.670. The molecule has 1 amide bonds. The molecule has 0 saturated carbocycles. The van der Waals surface area contributed by atoms with Crippen molar-refractivity contribution in [2.24, 2.45) is 0 Å². The van der Waals surface area contributed by atoms with Crippen molar-refractivity contribution in [2.45, 2.75) is 25.4 Å². The third-order valence-electron chi connectivity index (χ3n) is 4.22. The summed E-state index contributed by atoms with van der Waals surface area (Å²) in [5.74, 6) is 1.42. The second-order valence-electron chi connectivity index (χ2n) is 5.89. The second kappa shape index (κ2) is 8.68. The average Bonchev–Trinajstić information content (AvgIpc) is 3.14. The molecule has 3 rings (SSSR count). The fourth-order valence-corrected chi connectivity index (χ4v) is 2.81. The Bertz CT molecular complexity index is 668. The lowest BCUT2D eigenvalue weighted by atomic mass is 9.96. The highest BCUT2D eigenvalue weighted by Gasteiger charge is 2.27. The van der Waals surface area contributed by atoms with Gasteiger partial charge in [0, 0.05) is 44.1 Å². The maximum atomic E-state index is 12.4. The number of hydrogen-bond acceptors (Lipinski definition) is 7. The minimum absolute atomic E-state index is 0.0428. The Labute approximate surface area is 146 Å². The van der Waals surface area contributed by atoms with Crippen LogP contribution in [0.25, 0.3) is 0 Å². The molecule has 8 heteroatoms. The number of likely N-dealkylation sites (tertiary alicyclic amines) is 1. The monoisotopic (exact) mass is 346 g/mol. The number of carbonyl (C=O) groups is 1. The van der Waals surface area contributed by atoms with E-state index in [1.54, 1.807) is 31.6 Å². The van der Waals surface area contributed by atoms with E-state index in [2.05, 4.69) is 15.1 Å². The molecule has 1 fully saturated rings. The number of amides is 1. The molecular weight excluding hydrogens is 324 g/mol. The van der Waals surface area contributed by atoms with Crippen LogP contribution in [0.3, 0.4) is 0 Å². The molecule has 0 spiro atoms. The first-order valence-electron chi connectivity index (χ1n) is 8.36. The van der Waals surface area contributed by atoms with Crippen LogP contribution in [0.5, 0.6) is 0 Å². The highest BCUT2D eigenvalue weighted by molar-refractivity contribution is 5.94. The van der Waals surface area contributed by atoms with E-state index < -0.39 is 0 Å². The fourth-order valence-electron chi connectivity index (χ4n) is 2.81. The Kier molecular flexibility index (Phi) is 6.08. The Morgan fingerprint density at radius 1 is 1.28 bits per heavy atom. The van der Waals surface area contributed by atoms with Crippen LogP contribution in [-0.4, -0.2) is 59.3 Å². The third kappa shape index (κ3) is 4.61. The van der Waals surface area contributed by atoms with Gasteiger partial charge in [0.25, 0.3) is 11.8 Å². The first kappa shape index (κ1) is 17.5. The van der Waals surface area contributed by atoms with Crippen molar-refractivity contribution in [1.82, 2.24) is 20.0 Å². The summed E-state index contributed by atoms with van der Waals surface area (Å²) < 4.78 is 15.5. The van der Waals surface area contributed by atoms with Crippen LogP contribution in [0.1, 0.15) is 40.8 Å². The molecular formula is C17H22N4O4. The summed E-state index contributed by atoms with van der Waals surface area (Å²) in [5, 5.41) is 4.06. The number of aromatic nitrogens is 3. The van der Waals surface area contributed by atoms with Crippen LogP contribution in [0, 0.1) is 0 Å². The van der Waals surface area contributed by atoms with E-state index in [-0.39, 0.29) is 18.4 Å². The quantitative estimate of drug-likeness (QED) is 0.704. The molecule has 1 aliphatic rings. The van der Waals surface area contributed by atoms with Crippen LogP contribution in [0.15, 0.2) is 29.0 Å². The SMILES string of the molecule is COCCOCc1nc(C2CCN(C(=O)c3ccncc3)CC2)no1. The van der Waals surface area contributed by atoms with E-state index in [9.17, 15) is 4.79 Å². The summed E-state index contributed by atoms with van der Waals surface area (Å²) >= 11 is 0. The van der Waals surface area contributed by atoms with E-state index in [0.717, 1.165) is 12.8 Å². The van der Waals surface area contributed by atoms with Crippen LogP contribution in [-0.2, 0) is 16.1 Å². The summed E-state index contributed by atoms with van der Waals surface area (Å²) in [6.07, 6.45) is 4.91. The molecule has 0 atom stereocenters. The van der Waals surface area contributed by atoms with Gasteiger partial charge in [-0.25, -0.2) is 0 Å². The van der Waals surface area contributed by atoms with E-state index in [0.29, 0.717) is 43.6 Å². The summed E-state index contributed by atoms with van der Waals surface area (Å²) in [6.45, 7) is 2.67. The van der Waals surface area contributed by atoms with Crippen molar-refractivity contribution < 1.29 is 18.8 Å². The van der Waals surface area contributed by atoms with Crippen molar-refractivity contribution >= 4 is 5.91 Å². The number of pyridine rings is 1. The van der Waals surface area contributed by atoms with Gasteiger partial charge in [-0.1, -0.05) is 5.16 Å². The van der Waals surface area contributed by atoms with E-state index in [1.165, 1.54) is 0 Å². The lowest BCUT2D eigenvalue weighted by molar-refractivity contribution is 0.0494. The van der Waals surface area contributed by atoms with Gasteiger partial charge >= 0.3 is 0 Å². The lowest BCUT2D eigenvalue weighted by Crippen LogP contribution is -2.38. The number of piperidine rings is 1. The van der Waals surface area contributed by atoms with Gasteiger partial charge < -0.3 is 18.9 Å². The minimum atomic E-state index is 0.0428. The smallest absolute Gasteiger partial charge is 0.253 e. The lowest BCUT2D eigenvalue weighted by Gasteiger charge is -2.30. The van der Waals surface area contributed by atoms with Crippen molar-refractivity contribution in [1.29, 1.82) is 0 Å². The van der Waals surface area contributed by atoms with Crippen LogP contribution >= 0.6 is 0 Å². The average molecular weight is 346 g/mol. The number of ether oxygens (including phenoxy) is 2. The first-order valence-corrected chi connectivity index (χ1v) is 8.36. The molecule has 134 valence electrons. The molecule has 2 aromatic heterocycles. The van der Waals surface area contributed by atoms with E-state index >= 15 is 0 Å². The van der Waals surface area contributed by atoms with Crippen LogP contribution in [0.2, 0.25) is 0 Å². The largest absolute Gasteiger partial charge is 0.382 e. The van der Waals surface area contributed by atoms with Gasteiger partial charge in [0.15, 0.2) is 5.82 Å². The number of carbonyl (C=O) groups excluding carboxylic acids is 1. The zero-order chi connectivity index (χ0) is 17.5. The van der Waals surface area contributed by atoms with Gasteiger partial charge in [0.2, 0.25) is 0 Å². The highest BCUT2D eigenvalue weighted by atomic mass is 16.5. The Balaban J connectivity index is 1.49. The number of hydrogen-bond donors (Lipinski definition) is 0. The summed E-state index contributed by atoms with van der Waals surface area (Å²) in [6, 6.07) is 3.48. The van der Waals surface area contributed by atoms with Gasteiger partial charge in [-0.2, -0.15) is 4.98 Å². The summed E-state index contributed by atoms with van der Waals surface area (Å²) in [7, 11) is 1.62. The van der Waals surface area contributed by atoms with Crippen molar-refractivity contribution in [3.8, 4) is 0 Å². The number of methoxy groups -OCH3 is 1. The fraction of sp³-hybridized carbons (Fsp3) is 0.529. The molecule has 2 aromatic rings. The predicted molar refractivity (Wildman–Crippen MR) is 87.9 cm³/mol. The van der Waals surface area contributed by atoms with Crippen molar-refractivity contribution in [2.75, 3.05) is 33.4 Å². The summed E-state index contributed by atoms with van der Waals surface area (Å²) in [4.78, 5) is 22.6.